The summed E-state index contributed by atoms with van der Waals surface area (Å²) in [4.78, 5) is 4.33. The van der Waals surface area contributed by atoms with Gasteiger partial charge in [0.25, 0.3) is 5.89 Å². The molecule has 1 fully saturated rings. The summed E-state index contributed by atoms with van der Waals surface area (Å²) in [5, 5.41) is 4.60. The normalized spacial score (nSPS) is 16.1. The van der Waals surface area contributed by atoms with E-state index >= 15 is 0 Å². The second-order valence-corrected chi connectivity index (χ2v) is 5.62. The maximum atomic E-state index is 6.16. The lowest BCUT2D eigenvalue weighted by molar-refractivity contribution is 0.229. The van der Waals surface area contributed by atoms with Gasteiger partial charge >= 0.3 is 0 Å². The van der Waals surface area contributed by atoms with Crippen molar-refractivity contribution in [1.29, 1.82) is 0 Å². The van der Waals surface area contributed by atoms with Crippen LogP contribution in [0.2, 0.25) is 5.02 Å². The fourth-order valence-electron chi connectivity index (χ4n) is 2.28. The molecule has 0 radical (unpaired) electrons. The van der Waals surface area contributed by atoms with E-state index in [1.807, 2.05) is 18.2 Å². The number of hydrogen-bond acceptors (Lipinski definition) is 5. The van der Waals surface area contributed by atoms with Crippen molar-refractivity contribution in [2.45, 2.75) is 24.8 Å². The van der Waals surface area contributed by atoms with Crippen molar-refractivity contribution in [3.63, 3.8) is 0 Å². The standard InChI is InChI=1S/C15H16ClN3O2.ClH/c1-20-12-5-4-11(16)9-10(12)3-6-13-18-14(19-21-13)15(17)7-2-8-15;/h3-6,9H,2,7-8,17H2,1H3;1H/b6-3+;. The maximum Gasteiger partial charge on any atom is 0.250 e. The van der Waals surface area contributed by atoms with Gasteiger partial charge in [0.2, 0.25) is 0 Å². The molecule has 0 aliphatic heterocycles. The molecular weight excluding hydrogens is 325 g/mol. The highest BCUT2D eigenvalue weighted by atomic mass is 35.5. The molecule has 1 aromatic carbocycles. The van der Waals surface area contributed by atoms with Gasteiger partial charge in [0, 0.05) is 16.7 Å². The quantitative estimate of drug-likeness (QED) is 0.918. The second kappa shape index (κ2) is 6.69. The lowest BCUT2D eigenvalue weighted by Crippen LogP contribution is -2.44. The van der Waals surface area contributed by atoms with Gasteiger partial charge in [0.1, 0.15) is 5.75 Å². The molecule has 1 aliphatic rings. The predicted octanol–water partition coefficient (Wildman–Crippen LogP) is 3.66. The van der Waals surface area contributed by atoms with Crippen LogP contribution in [0.1, 0.15) is 36.5 Å². The monoisotopic (exact) mass is 341 g/mol. The van der Waals surface area contributed by atoms with Crippen LogP contribution >= 0.6 is 24.0 Å². The summed E-state index contributed by atoms with van der Waals surface area (Å²) in [6.45, 7) is 0. The van der Waals surface area contributed by atoms with Crippen molar-refractivity contribution in [3.05, 3.63) is 40.5 Å². The number of methoxy groups -OCH3 is 1. The maximum absolute atomic E-state index is 6.16. The molecule has 2 aromatic rings. The van der Waals surface area contributed by atoms with E-state index in [0.29, 0.717) is 16.7 Å². The van der Waals surface area contributed by atoms with Gasteiger partial charge in [-0.3, -0.25) is 0 Å². The third-order valence-electron chi connectivity index (χ3n) is 3.73. The molecule has 5 nitrogen and oxygen atoms in total. The fraction of sp³-hybridized carbons (Fsp3) is 0.333. The van der Waals surface area contributed by atoms with E-state index in [0.717, 1.165) is 30.6 Å². The molecule has 0 atom stereocenters. The average Bonchev–Trinajstić information content (AvgIpc) is 2.92. The minimum atomic E-state index is -0.413. The summed E-state index contributed by atoms with van der Waals surface area (Å²) in [7, 11) is 1.61. The molecule has 118 valence electrons. The number of ether oxygens (including phenoxy) is 1. The molecular formula is C15H17Cl2N3O2. The Balaban J connectivity index is 0.00000176. The Morgan fingerprint density at radius 3 is 2.77 bits per heavy atom. The predicted molar refractivity (Wildman–Crippen MR) is 88.2 cm³/mol. The van der Waals surface area contributed by atoms with Gasteiger partial charge in [0.15, 0.2) is 5.82 Å². The van der Waals surface area contributed by atoms with Crippen LogP contribution in [0.25, 0.3) is 12.2 Å². The van der Waals surface area contributed by atoms with Crippen molar-refractivity contribution in [2.75, 3.05) is 7.11 Å². The van der Waals surface area contributed by atoms with E-state index in [1.165, 1.54) is 0 Å². The highest BCUT2D eigenvalue weighted by molar-refractivity contribution is 6.30. The number of rotatable bonds is 4. The number of nitrogens with zero attached hydrogens (tertiary/aromatic N) is 2. The SMILES string of the molecule is COc1ccc(Cl)cc1/C=C/c1nc(C2(N)CCC2)no1.Cl. The Bertz CT molecular complexity index is 681. The van der Waals surface area contributed by atoms with E-state index in [1.54, 1.807) is 19.3 Å². The Morgan fingerprint density at radius 2 is 2.14 bits per heavy atom. The van der Waals surface area contributed by atoms with Gasteiger partial charge in [-0.05, 0) is 43.5 Å². The largest absolute Gasteiger partial charge is 0.496 e. The first-order valence-electron chi connectivity index (χ1n) is 6.75. The zero-order chi connectivity index (χ0) is 14.9. The van der Waals surface area contributed by atoms with Crippen molar-refractivity contribution in [3.8, 4) is 5.75 Å². The van der Waals surface area contributed by atoms with Crippen LogP contribution in [0.5, 0.6) is 5.75 Å². The van der Waals surface area contributed by atoms with E-state index < -0.39 is 5.54 Å². The first kappa shape index (κ1) is 16.8. The highest BCUT2D eigenvalue weighted by Gasteiger charge is 2.38. The molecule has 0 bridgehead atoms. The zero-order valence-electron chi connectivity index (χ0n) is 12.1. The van der Waals surface area contributed by atoms with E-state index in [-0.39, 0.29) is 12.4 Å². The smallest absolute Gasteiger partial charge is 0.250 e. The number of halogens is 2. The number of aromatic nitrogens is 2. The molecule has 22 heavy (non-hydrogen) atoms. The number of benzene rings is 1. The lowest BCUT2D eigenvalue weighted by Gasteiger charge is -2.34. The van der Waals surface area contributed by atoms with Gasteiger partial charge in [-0.1, -0.05) is 16.8 Å². The highest BCUT2D eigenvalue weighted by Crippen LogP contribution is 2.37. The third-order valence-corrected chi connectivity index (χ3v) is 3.97. The molecule has 1 aliphatic carbocycles. The summed E-state index contributed by atoms with van der Waals surface area (Å²) in [6.07, 6.45) is 6.46. The minimum absolute atomic E-state index is 0. The van der Waals surface area contributed by atoms with Crippen LogP contribution in [0.3, 0.4) is 0 Å². The summed E-state index contributed by atoms with van der Waals surface area (Å²) in [5.41, 5.74) is 6.59. The van der Waals surface area contributed by atoms with Crippen LogP contribution < -0.4 is 10.5 Å². The molecule has 0 spiro atoms. The van der Waals surface area contributed by atoms with Crippen LogP contribution in [0, 0.1) is 0 Å². The molecule has 1 saturated carbocycles. The Morgan fingerprint density at radius 1 is 1.36 bits per heavy atom. The Hall–Kier alpha value is -1.56. The van der Waals surface area contributed by atoms with Crippen molar-refractivity contribution >= 4 is 36.2 Å². The van der Waals surface area contributed by atoms with Crippen LogP contribution in [0.4, 0.5) is 0 Å². The van der Waals surface area contributed by atoms with Crippen LogP contribution in [0.15, 0.2) is 22.7 Å². The molecule has 3 rings (SSSR count). The van der Waals surface area contributed by atoms with Crippen molar-refractivity contribution in [1.82, 2.24) is 10.1 Å². The molecule has 1 aromatic heterocycles. The first-order chi connectivity index (χ1) is 10.1. The summed E-state index contributed by atoms with van der Waals surface area (Å²) < 4.78 is 10.5. The lowest BCUT2D eigenvalue weighted by atomic mass is 9.77. The van der Waals surface area contributed by atoms with Crippen molar-refractivity contribution in [2.24, 2.45) is 5.73 Å². The molecule has 0 amide bonds. The van der Waals surface area contributed by atoms with Gasteiger partial charge in [-0.25, -0.2) is 0 Å². The van der Waals surface area contributed by atoms with Crippen molar-refractivity contribution < 1.29 is 9.26 Å². The third kappa shape index (κ3) is 3.27. The average molecular weight is 342 g/mol. The summed E-state index contributed by atoms with van der Waals surface area (Å²) >= 11 is 5.99. The number of nitrogens with two attached hydrogens (primary N) is 1. The van der Waals surface area contributed by atoms with Gasteiger partial charge in [-0.15, -0.1) is 12.4 Å². The summed E-state index contributed by atoms with van der Waals surface area (Å²) in [6, 6.07) is 5.40. The first-order valence-corrected chi connectivity index (χ1v) is 7.13. The fourth-order valence-corrected chi connectivity index (χ4v) is 2.46. The Kier molecular flexibility index (Phi) is 5.11. The zero-order valence-corrected chi connectivity index (χ0v) is 13.7. The topological polar surface area (TPSA) is 74.2 Å². The molecule has 1 heterocycles. The molecule has 2 N–H and O–H groups in total. The van der Waals surface area contributed by atoms with E-state index in [9.17, 15) is 0 Å². The second-order valence-electron chi connectivity index (χ2n) is 5.19. The van der Waals surface area contributed by atoms with Crippen LogP contribution in [-0.2, 0) is 5.54 Å². The van der Waals surface area contributed by atoms with Gasteiger partial charge in [-0.2, -0.15) is 4.98 Å². The Labute approximate surface area is 139 Å². The van der Waals surface area contributed by atoms with E-state index in [2.05, 4.69) is 10.1 Å². The number of hydrogen-bond donors (Lipinski definition) is 1. The molecule has 0 saturated heterocycles. The summed E-state index contributed by atoms with van der Waals surface area (Å²) in [5.74, 6) is 1.72. The van der Waals surface area contributed by atoms with Crippen LogP contribution in [-0.4, -0.2) is 17.3 Å². The minimum Gasteiger partial charge on any atom is -0.496 e. The van der Waals surface area contributed by atoms with E-state index in [4.69, 9.17) is 26.6 Å². The van der Waals surface area contributed by atoms with Gasteiger partial charge in [0.05, 0.1) is 12.6 Å². The molecule has 0 unspecified atom stereocenters. The van der Waals surface area contributed by atoms with Gasteiger partial charge < -0.3 is 15.0 Å². The molecule has 7 heteroatoms.